The van der Waals surface area contributed by atoms with Crippen molar-refractivity contribution >= 4 is 17.3 Å². The number of anilines is 1. The molecule has 7 heteroatoms. The second kappa shape index (κ2) is 8.84. The smallest absolute Gasteiger partial charge is 0.269 e. The predicted molar refractivity (Wildman–Crippen MR) is 108 cm³/mol. The SMILES string of the molecule is CCCNC(=O)/C(N)=C(\N)c1cccc(-c2ccc(OC)cc2OC)c1N. The third-order valence-corrected chi connectivity index (χ3v) is 4.17. The number of nitrogens with two attached hydrogens (primary N) is 3. The van der Waals surface area contributed by atoms with Gasteiger partial charge in [-0.15, -0.1) is 0 Å². The quantitative estimate of drug-likeness (QED) is 0.437. The van der Waals surface area contributed by atoms with E-state index < -0.39 is 5.91 Å². The van der Waals surface area contributed by atoms with Crippen LogP contribution in [0.25, 0.3) is 16.8 Å². The molecule has 0 aliphatic heterocycles. The summed E-state index contributed by atoms with van der Waals surface area (Å²) in [6, 6.07) is 10.8. The lowest BCUT2D eigenvalue weighted by Gasteiger charge is -2.16. The molecule has 0 heterocycles. The number of hydrogen-bond acceptors (Lipinski definition) is 6. The molecule has 0 unspecified atom stereocenters. The molecule has 144 valence electrons. The minimum absolute atomic E-state index is 0.0611. The molecule has 2 aromatic carbocycles. The number of carbonyl (C=O) groups excluding carboxylic acids is 1. The summed E-state index contributed by atoms with van der Waals surface area (Å²) in [5.41, 5.74) is 20.9. The maximum Gasteiger partial charge on any atom is 0.269 e. The molecule has 0 aromatic heterocycles. The molecule has 0 aliphatic rings. The van der Waals surface area contributed by atoms with E-state index in [4.69, 9.17) is 26.7 Å². The van der Waals surface area contributed by atoms with E-state index in [1.54, 1.807) is 32.4 Å². The minimum atomic E-state index is -0.416. The summed E-state index contributed by atoms with van der Waals surface area (Å²) < 4.78 is 10.7. The van der Waals surface area contributed by atoms with Crippen LogP contribution in [-0.4, -0.2) is 26.7 Å². The van der Waals surface area contributed by atoms with Crippen LogP contribution in [0, 0.1) is 0 Å². The highest BCUT2D eigenvalue weighted by Crippen LogP contribution is 2.38. The van der Waals surface area contributed by atoms with Gasteiger partial charge < -0.3 is 32.0 Å². The van der Waals surface area contributed by atoms with Crippen molar-refractivity contribution in [2.45, 2.75) is 13.3 Å². The van der Waals surface area contributed by atoms with Crippen LogP contribution in [0.4, 0.5) is 5.69 Å². The van der Waals surface area contributed by atoms with Gasteiger partial charge in [0.25, 0.3) is 5.91 Å². The largest absolute Gasteiger partial charge is 0.497 e. The fourth-order valence-electron chi connectivity index (χ4n) is 2.66. The topological polar surface area (TPSA) is 126 Å². The standard InChI is InChI=1S/C20H26N4O3/c1-4-10-24-20(25)19(23)18(22)15-7-5-6-14(17(15)21)13-9-8-12(26-2)11-16(13)27-3/h5-9,11H,4,10,21-23H2,1-3H3,(H,24,25)/b19-18+. The number of rotatable bonds is 7. The Bertz CT molecular complexity index is 862. The van der Waals surface area contributed by atoms with E-state index in [-0.39, 0.29) is 11.4 Å². The molecule has 0 saturated heterocycles. The lowest BCUT2D eigenvalue weighted by molar-refractivity contribution is -0.117. The van der Waals surface area contributed by atoms with Crippen molar-refractivity contribution < 1.29 is 14.3 Å². The Morgan fingerprint density at radius 1 is 1.07 bits per heavy atom. The summed E-state index contributed by atoms with van der Waals surface area (Å²) in [7, 11) is 3.16. The molecule has 0 atom stereocenters. The molecular weight excluding hydrogens is 344 g/mol. The van der Waals surface area contributed by atoms with E-state index >= 15 is 0 Å². The second-order valence-electron chi connectivity index (χ2n) is 5.92. The molecule has 7 nitrogen and oxygen atoms in total. The normalized spacial score (nSPS) is 11.5. The van der Waals surface area contributed by atoms with Crippen LogP contribution < -0.4 is 32.0 Å². The number of amides is 1. The van der Waals surface area contributed by atoms with Gasteiger partial charge in [0.2, 0.25) is 0 Å². The Hall–Kier alpha value is -3.35. The molecule has 0 saturated carbocycles. The van der Waals surface area contributed by atoms with Gasteiger partial charge in [-0.05, 0) is 18.6 Å². The fourth-order valence-corrected chi connectivity index (χ4v) is 2.66. The van der Waals surface area contributed by atoms with Crippen molar-refractivity contribution in [3.8, 4) is 22.6 Å². The van der Waals surface area contributed by atoms with Gasteiger partial charge in [-0.25, -0.2) is 0 Å². The molecule has 27 heavy (non-hydrogen) atoms. The van der Waals surface area contributed by atoms with Crippen molar-refractivity contribution in [3.05, 3.63) is 47.7 Å². The number of benzene rings is 2. The predicted octanol–water partition coefficient (Wildman–Crippen LogP) is 2.07. The average molecular weight is 370 g/mol. The zero-order valence-electron chi connectivity index (χ0n) is 15.8. The summed E-state index contributed by atoms with van der Waals surface area (Å²) in [6.07, 6.45) is 0.799. The van der Waals surface area contributed by atoms with Gasteiger partial charge >= 0.3 is 0 Å². The van der Waals surface area contributed by atoms with E-state index in [0.717, 1.165) is 17.5 Å². The van der Waals surface area contributed by atoms with Crippen LogP contribution in [0.5, 0.6) is 11.5 Å². The second-order valence-corrected chi connectivity index (χ2v) is 5.92. The van der Waals surface area contributed by atoms with Crippen LogP contribution in [0.1, 0.15) is 18.9 Å². The third-order valence-electron chi connectivity index (χ3n) is 4.17. The first kappa shape index (κ1) is 20.0. The molecular formula is C20H26N4O3. The number of nitrogens with one attached hydrogen (secondary N) is 1. The van der Waals surface area contributed by atoms with Gasteiger partial charge in [-0.3, -0.25) is 4.79 Å². The molecule has 0 fully saturated rings. The Morgan fingerprint density at radius 3 is 2.44 bits per heavy atom. The van der Waals surface area contributed by atoms with Crippen LogP contribution in [0.2, 0.25) is 0 Å². The Morgan fingerprint density at radius 2 is 1.81 bits per heavy atom. The summed E-state index contributed by atoms with van der Waals surface area (Å²) in [5, 5.41) is 2.70. The molecule has 7 N–H and O–H groups in total. The van der Waals surface area contributed by atoms with Gasteiger partial charge in [-0.1, -0.05) is 25.1 Å². The molecule has 0 aliphatic carbocycles. The summed E-state index contributed by atoms with van der Waals surface area (Å²) in [5.74, 6) is 0.858. The lowest BCUT2D eigenvalue weighted by Crippen LogP contribution is -2.31. The van der Waals surface area contributed by atoms with Crippen LogP contribution >= 0.6 is 0 Å². The first-order valence-corrected chi connectivity index (χ1v) is 8.59. The van der Waals surface area contributed by atoms with E-state index in [1.807, 2.05) is 25.1 Å². The van der Waals surface area contributed by atoms with E-state index in [0.29, 0.717) is 29.3 Å². The molecule has 2 aromatic rings. The minimum Gasteiger partial charge on any atom is -0.497 e. The van der Waals surface area contributed by atoms with Crippen LogP contribution in [0.15, 0.2) is 42.1 Å². The van der Waals surface area contributed by atoms with Gasteiger partial charge in [0.15, 0.2) is 0 Å². The van der Waals surface area contributed by atoms with Gasteiger partial charge in [0.05, 0.1) is 19.9 Å². The van der Waals surface area contributed by atoms with Crippen molar-refractivity contribution in [1.82, 2.24) is 5.32 Å². The molecule has 2 rings (SSSR count). The Balaban J connectivity index is 2.52. The van der Waals surface area contributed by atoms with Crippen molar-refractivity contribution in [1.29, 1.82) is 0 Å². The zero-order valence-corrected chi connectivity index (χ0v) is 15.8. The van der Waals surface area contributed by atoms with Crippen LogP contribution in [0.3, 0.4) is 0 Å². The number of methoxy groups -OCH3 is 2. The Kier molecular flexibility index (Phi) is 6.54. The average Bonchev–Trinajstić information content (AvgIpc) is 2.70. The number of nitrogen functional groups attached to an aromatic ring is 1. The van der Waals surface area contributed by atoms with Crippen molar-refractivity contribution in [2.24, 2.45) is 11.5 Å². The zero-order chi connectivity index (χ0) is 20.0. The highest BCUT2D eigenvalue weighted by molar-refractivity contribution is 6.01. The fraction of sp³-hybridized carbons (Fsp3) is 0.250. The van der Waals surface area contributed by atoms with Crippen molar-refractivity contribution in [2.75, 3.05) is 26.5 Å². The number of para-hydroxylation sites is 1. The van der Waals surface area contributed by atoms with Gasteiger partial charge in [0.1, 0.15) is 17.2 Å². The maximum atomic E-state index is 12.1. The monoisotopic (exact) mass is 370 g/mol. The highest BCUT2D eigenvalue weighted by atomic mass is 16.5. The number of ether oxygens (including phenoxy) is 2. The van der Waals surface area contributed by atoms with Gasteiger partial charge in [-0.2, -0.15) is 0 Å². The number of carbonyl (C=O) groups is 1. The van der Waals surface area contributed by atoms with E-state index in [2.05, 4.69) is 5.32 Å². The first-order valence-electron chi connectivity index (χ1n) is 8.59. The summed E-state index contributed by atoms with van der Waals surface area (Å²) >= 11 is 0. The van der Waals surface area contributed by atoms with Crippen LogP contribution in [-0.2, 0) is 4.79 Å². The van der Waals surface area contributed by atoms with E-state index in [9.17, 15) is 4.79 Å². The van der Waals surface area contributed by atoms with Gasteiger partial charge in [0, 0.05) is 35.0 Å². The summed E-state index contributed by atoms with van der Waals surface area (Å²) in [4.78, 5) is 12.1. The molecule has 1 amide bonds. The highest BCUT2D eigenvalue weighted by Gasteiger charge is 2.17. The number of hydrogen-bond donors (Lipinski definition) is 4. The third kappa shape index (κ3) is 4.25. The van der Waals surface area contributed by atoms with Crippen molar-refractivity contribution in [3.63, 3.8) is 0 Å². The van der Waals surface area contributed by atoms with E-state index in [1.165, 1.54) is 0 Å². The molecule has 0 spiro atoms. The molecule has 0 bridgehead atoms. The Labute approximate surface area is 159 Å². The lowest BCUT2D eigenvalue weighted by atomic mass is 9.97. The summed E-state index contributed by atoms with van der Waals surface area (Å²) in [6.45, 7) is 2.47. The molecule has 0 radical (unpaired) electrons. The maximum absolute atomic E-state index is 12.1. The first-order chi connectivity index (χ1) is 12.9.